The van der Waals surface area contributed by atoms with Crippen LogP contribution in [0.4, 0.5) is 24.7 Å². The van der Waals surface area contributed by atoms with Crippen molar-refractivity contribution < 1.29 is 13.2 Å². The molecule has 0 aliphatic rings. The van der Waals surface area contributed by atoms with Crippen molar-refractivity contribution in [2.24, 2.45) is 0 Å². The van der Waals surface area contributed by atoms with Crippen LogP contribution in [0.2, 0.25) is 10.0 Å². The van der Waals surface area contributed by atoms with Gasteiger partial charge in [-0.2, -0.15) is 9.37 Å². The lowest BCUT2D eigenvalue weighted by molar-refractivity contribution is 0.467. The molecule has 2 nitrogen and oxygen atoms in total. The van der Waals surface area contributed by atoms with Crippen molar-refractivity contribution in [2.75, 3.05) is 5.32 Å². The van der Waals surface area contributed by atoms with Gasteiger partial charge in [-0.15, -0.1) is 0 Å². The van der Waals surface area contributed by atoms with Gasteiger partial charge in [-0.1, -0.05) is 23.2 Å². The highest BCUT2D eigenvalue weighted by atomic mass is 35.5. The summed E-state index contributed by atoms with van der Waals surface area (Å²) >= 11 is 11.5. The van der Waals surface area contributed by atoms with Crippen molar-refractivity contribution in [3.63, 3.8) is 0 Å². The van der Waals surface area contributed by atoms with Crippen LogP contribution >= 0.6 is 23.2 Å². The highest BCUT2D eigenvalue weighted by molar-refractivity contribution is 6.35. The van der Waals surface area contributed by atoms with E-state index in [1.165, 1.54) is 18.2 Å². The molecule has 0 atom stereocenters. The first-order valence-electron chi connectivity index (χ1n) is 4.70. The number of nitrogens with zero attached hydrogens (tertiary/aromatic N) is 1. The van der Waals surface area contributed by atoms with Gasteiger partial charge in [-0.05, 0) is 18.2 Å². The zero-order valence-electron chi connectivity index (χ0n) is 8.65. The largest absolute Gasteiger partial charge is 0.338 e. The van der Waals surface area contributed by atoms with Gasteiger partial charge in [0, 0.05) is 21.8 Å². The van der Waals surface area contributed by atoms with Crippen LogP contribution in [-0.2, 0) is 0 Å². The van der Waals surface area contributed by atoms with E-state index in [0.29, 0.717) is 21.8 Å². The van der Waals surface area contributed by atoms with Gasteiger partial charge in [0.1, 0.15) is 0 Å². The standard InChI is InChI=1S/C11H5Cl2F3N2/c12-5-1-6(13)3-7(2-5)17-11-9(15)4-8(14)10(16)18-11/h1-4H,(H,17,18). The van der Waals surface area contributed by atoms with Crippen molar-refractivity contribution in [2.45, 2.75) is 0 Å². The van der Waals surface area contributed by atoms with Crippen molar-refractivity contribution in [3.8, 4) is 0 Å². The van der Waals surface area contributed by atoms with E-state index in [2.05, 4.69) is 10.3 Å². The van der Waals surface area contributed by atoms with Crippen LogP contribution in [-0.4, -0.2) is 4.98 Å². The smallest absolute Gasteiger partial charge is 0.251 e. The van der Waals surface area contributed by atoms with Gasteiger partial charge in [-0.3, -0.25) is 0 Å². The fourth-order valence-corrected chi connectivity index (χ4v) is 1.82. The van der Waals surface area contributed by atoms with Gasteiger partial charge in [0.15, 0.2) is 17.5 Å². The molecule has 0 spiro atoms. The van der Waals surface area contributed by atoms with Crippen molar-refractivity contribution in [3.05, 3.63) is 51.9 Å². The van der Waals surface area contributed by atoms with Gasteiger partial charge in [0.2, 0.25) is 0 Å². The zero-order chi connectivity index (χ0) is 13.3. The van der Waals surface area contributed by atoms with Crippen LogP contribution in [0, 0.1) is 17.6 Å². The van der Waals surface area contributed by atoms with E-state index < -0.39 is 23.4 Å². The second-order valence-corrected chi connectivity index (χ2v) is 4.25. The lowest BCUT2D eigenvalue weighted by Gasteiger charge is -2.08. The summed E-state index contributed by atoms with van der Waals surface area (Å²) < 4.78 is 38.9. The first kappa shape index (κ1) is 13.0. The number of pyridine rings is 1. The van der Waals surface area contributed by atoms with E-state index in [-0.39, 0.29) is 0 Å². The lowest BCUT2D eigenvalue weighted by atomic mass is 10.3. The van der Waals surface area contributed by atoms with E-state index in [4.69, 9.17) is 23.2 Å². The number of aromatic nitrogens is 1. The number of rotatable bonds is 2. The molecular weight excluding hydrogens is 288 g/mol. The van der Waals surface area contributed by atoms with Gasteiger partial charge in [-0.25, -0.2) is 8.78 Å². The molecule has 94 valence electrons. The molecule has 0 radical (unpaired) electrons. The number of anilines is 2. The first-order valence-corrected chi connectivity index (χ1v) is 5.46. The van der Waals surface area contributed by atoms with Crippen LogP contribution in [0.15, 0.2) is 24.3 Å². The zero-order valence-corrected chi connectivity index (χ0v) is 10.2. The van der Waals surface area contributed by atoms with E-state index >= 15 is 0 Å². The number of benzene rings is 1. The third-order valence-corrected chi connectivity index (χ3v) is 2.45. The Balaban J connectivity index is 2.36. The summed E-state index contributed by atoms with van der Waals surface area (Å²) in [6, 6.07) is 4.76. The Labute approximate surface area is 110 Å². The summed E-state index contributed by atoms with van der Waals surface area (Å²) in [6.45, 7) is 0. The van der Waals surface area contributed by atoms with Crippen LogP contribution < -0.4 is 5.32 Å². The maximum Gasteiger partial charge on any atom is 0.251 e. The summed E-state index contributed by atoms with van der Waals surface area (Å²) in [5.41, 5.74) is 0.310. The Morgan fingerprint density at radius 1 is 0.889 bits per heavy atom. The normalized spacial score (nSPS) is 10.5. The minimum absolute atomic E-state index is 0.310. The predicted molar refractivity (Wildman–Crippen MR) is 63.9 cm³/mol. The van der Waals surface area contributed by atoms with E-state index in [1.54, 1.807) is 0 Å². The topological polar surface area (TPSA) is 24.9 Å². The third kappa shape index (κ3) is 2.86. The second kappa shape index (κ2) is 5.04. The molecule has 2 rings (SSSR count). The Kier molecular flexibility index (Phi) is 3.63. The molecule has 7 heteroatoms. The van der Waals surface area contributed by atoms with Gasteiger partial charge < -0.3 is 5.32 Å². The number of nitrogens with one attached hydrogen (secondary N) is 1. The minimum atomic E-state index is -1.40. The number of halogens is 5. The number of hydrogen-bond donors (Lipinski definition) is 1. The van der Waals surface area contributed by atoms with Crippen LogP contribution in [0.5, 0.6) is 0 Å². The molecule has 0 aliphatic carbocycles. The molecule has 0 saturated carbocycles. The Hall–Kier alpha value is -1.46. The lowest BCUT2D eigenvalue weighted by Crippen LogP contribution is -2.01. The Bertz CT molecular complexity index is 585. The Morgan fingerprint density at radius 3 is 2.11 bits per heavy atom. The molecule has 0 saturated heterocycles. The van der Waals surface area contributed by atoms with Gasteiger partial charge in [0.05, 0.1) is 0 Å². The average molecular weight is 293 g/mol. The third-order valence-electron chi connectivity index (χ3n) is 2.01. The predicted octanol–water partition coefficient (Wildman–Crippen LogP) is 4.55. The van der Waals surface area contributed by atoms with Crippen molar-refractivity contribution >= 4 is 34.7 Å². The summed E-state index contributed by atoms with van der Waals surface area (Å²) in [6.07, 6.45) is 0. The average Bonchev–Trinajstić information content (AvgIpc) is 2.24. The molecule has 1 N–H and O–H groups in total. The van der Waals surface area contributed by atoms with E-state index in [9.17, 15) is 13.2 Å². The monoisotopic (exact) mass is 292 g/mol. The molecule has 18 heavy (non-hydrogen) atoms. The fraction of sp³-hybridized carbons (Fsp3) is 0. The van der Waals surface area contributed by atoms with Crippen LogP contribution in [0.1, 0.15) is 0 Å². The summed E-state index contributed by atoms with van der Waals surface area (Å²) in [7, 11) is 0. The molecule has 1 aromatic carbocycles. The van der Waals surface area contributed by atoms with E-state index in [1.807, 2.05) is 0 Å². The van der Waals surface area contributed by atoms with E-state index in [0.717, 1.165) is 0 Å². The summed E-state index contributed by atoms with van der Waals surface area (Å²) in [5, 5.41) is 3.09. The van der Waals surface area contributed by atoms with Gasteiger partial charge in [0.25, 0.3) is 5.95 Å². The molecule has 1 heterocycles. The molecule has 0 fully saturated rings. The van der Waals surface area contributed by atoms with Crippen molar-refractivity contribution in [1.82, 2.24) is 4.98 Å². The molecule has 0 bridgehead atoms. The number of hydrogen-bond acceptors (Lipinski definition) is 2. The molecular formula is C11H5Cl2F3N2. The highest BCUT2D eigenvalue weighted by Gasteiger charge is 2.12. The summed E-state index contributed by atoms with van der Waals surface area (Å²) in [4.78, 5) is 3.11. The first-order chi connectivity index (χ1) is 8.45. The summed E-state index contributed by atoms with van der Waals surface area (Å²) in [5.74, 6) is -4.23. The van der Waals surface area contributed by atoms with Gasteiger partial charge >= 0.3 is 0 Å². The molecule has 0 unspecified atom stereocenters. The quantitative estimate of drug-likeness (QED) is 0.822. The molecule has 1 aromatic heterocycles. The van der Waals surface area contributed by atoms with Crippen LogP contribution in [0.25, 0.3) is 0 Å². The SMILES string of the molecule is Fc1cc(F)c(Nc2cc(Cl)cc(Cl)c2)nc1F. The van der Waals surface area contributed by atoms with Crippen LogP contribution in [0.3, 0.4) is 0 Å². The minimum Gasteiger partial charge on any atom is -0.338 e. The molecule has 0 aliphatic heterocycles. The second-order valence-electron chi connectivity index (χ2n) is 3.37. The Morgan fingerprint density at radius 2 is 1.50 bits per heavy atom. The highest BCUT2D eigenvalue weighted by Crippen LogP contribution is 2.26. The molecule has 2 aromatic rings. The maximum atomic E-state index is 13.3. The fourth-order valence-electron chi connectivity index (χ4n) is 1.29. The molecule has 0 amide bonds. The van der Waals surface area contributed by atoms with Crippen molar-refractivity contribution in [1.29, 1.82) is 0 Å². The maximum absolute atomic E-state index is 13.3.